The standard InChI is InChI=1S/C19H23F2NO6/c1-12-9-22(10-13(2)27-12)17(23)11-26-18(24)7-5-14-4-6-15(28-19(20)21)16(8-14)25-3/h4-8,12-13,19H,9-11H2,1-3H3/b7-5+/t12-,13-/m1/s1. The summed E-state index contributed by atoms with van der Waals surface area (Å²) in [7, 11) is 1.31. The smallest absolute Gasteiger partial charge is 0.387 e. The highest BCUT2D eigenvalue weighted by molar-refractivity contribution is 5.89. The number of carbonyl (C=O) groups is 2. The number of carbonyl (C=O) groups excluding carboxylic acids is 2. The molecule has 0 spiro atoms. The minimum absolute atomic E-state index is 0.0738. The number of hydrogen-bond acceptors (Lipinski definition) is 6. The molecule has 1 amide bonds. The molecule has 0 bridgehead atoms. The first-order valence-corrected chi connectivity index (χ1v) is 8.69. The molecule has 1 aliphatic rings. The Morgan fingerprint density at radius 2 is 1.93 bits per heavy atom. The quantitative estimate of drug-likeness (QED) is 0.518. The maximum absolute atomic E-state index is 12.3. The lowest BCUT2D eigenvalue weighted by Gasteiger charge is -2.35. The summed E-state index contributed by atoms with van der Waals surface area (Å²) in [6, 6.07) is 4.22. The van der Waals surface area contributed by atoms with E-state index in [0.29, 0.717) is 18.7 Å². The maximum atomic E-state index is 12.3. The van der Waals surface area contributed by atoms with Crippen LogP contribution < -0.4 is 9.47 Å². The van der Waals surface area contributed by atoms with E-state index >= 15 is 0 Å². The molecule has 0 radical (unpaired) electrons. The van der Waals surface area contributed by atoms with Gasteiger partial charge in [0.2, 0.25) is 0 Å². The van der Waals surface area contributed by atoms with Crippen LogP contribution in [0.5, 0.6) is 11.5 Å². The average molecular weight is 399 g/mol. The Bertz CT molecular complexity index is 714. The van der Waals surface area contributed by atoms with E-state index in [9.17, 15) is 18.4 Å². The van der Waals surface area contributed by atoms with Crippen LogP contribution in [0, 0.1) is 0 Å². The van der Waals surface area contributed by atoms with Crippen LogP contribution in [0.1, 0.15) is 19.4 Å². The number of methoxy groups -OCH3 is 1. The van der Waals surface area contributed by atoms with Gasteiger partial charge < -0.3 is 23.8 Å². The molecule has 1 aromatic carbocycles. The number of hydrogen-bond donors (Lipinski definition) is 0. The molecule has 0 unspecified atom stereocenters. The van der Waals surface area contributed by atoms with Crippen LogP contribution in [-0.2, 0) is 19.1 Å². The lowest BCUT2D eigenvalue weighted by atomic mass is 10.2. The van der Waals surface area contributed by atoms with E-state index in [-0.39, 0.29) is 36.2 Å². The molecule has 0 aromatic heterocycles. The third kappa shape index (κ3) is 6.49. The zero-order chi connectivity index (χ0) is 20.7. The van der Waals surface area contributed by atoms with Crippen molar-refractivity contribution in [2.24, 2.45) is 0 Å². The van der Waals surface area contributed by atoms with Gasteiger partial charge in [0.15, 0.2) is 18.1 Å². The summed E-state index contributed by atoms with van der Waals surface area (Å²) in [5, 5.41) is 0. The Morgan fingerprint density at radius 1 is 1.25 bits per heavy atom. The maximum Gasteiger partial charge on any atom is 0.387 e. The molecule has 1 fully saturated rings. The fourth-order valence-corrected chi connectivity index (χ4v) is 2.80. The van der Waals surface area contributed by atoms with Gasteiger partial charge in [-0.25, -0.2) is 4.79 Å². The van der Waals surface area contributed by atoms with Crippen LogP contribution in [-0.4, -0.2) is 62.4 Å². The number of nitrogens with zero attached hydrogens (tertiary/aromatic N) is 1. The molecule has 0 saturated carbocycles. The van der Waals surface area contributed by atoms with Crippen LogP contribution in [0.2, 0.25) is 0 Å². The van der Waals surface area contributed by atoms with Crippen molar-refractivity contribution in [2.45, 2.75) is 32.7 Å². The van der Waals surface area contributed by atoms with Gasteiger partial charge in [0.1, 0.15) is 0 Å². The topological polar surface area (TPSA) is 74.3 Å². The summed E-state index contributed by atoms with van der Waals surface area (Å²) in [5.74, 6) is -1.01. The molecule has 2 rings (SSSR count). The largest absolute Gasteiger partial charge is 0.493 e. The number of esters is 1. The van der Waals surface area contributed by atoms with E-state index in [2.05, 4.69) is 4.74 Å². The number of alkyl halides is 2. The van der Waals surface area contributed by atoms with Gasteiger partial charge in [0, 0.05) is 19.2 Å². The highest BCUT2D eigenvalue weighted by Crippen LogP contribution is 2.29. The van der Waals surface area contributed by atoms with Gasteiger partial charge in [-0.2, -0.15) is 8.78 Å². The number of halogens is 2. The predicted octanol–water partition coefficient (Wildman–Crippen LogP) is 2.49. The van der Waals surface area contributed by atoms with Crippen LogP contribution >= 0.6 is 0 Å². The molecule has 0 N–H and O–H groups in total. The van der Waals surface area contributed by atoms with Crippen molar-refractivity contribution >= 4 is 18.0 Å². The Morgan fingerprint density at radius 3 is 2.54 bits per heavy atom. The first-order chi connectivity index (χ1) is 13.3. The first-order valence-electron chi connectivity index (χ1n) is 8.69. The molecule has 7 nitrogen and oxygen atoms in total. The number of amides is 1. The van der Waals surface area contributed by atoms with E-state index in [1.54, 1.807) is 4.90 Å². The van der Waals surface area contributed by atoms with Crippen molar-refractivity contribution < 1.29 is 37.3 Å². The summed E-state index contributed by atoms with van der Waals surface area (Å²) in [5.41, 5.74) is 0.512. The lowest BCUT2D eigenvalue weighted by molar-refractivity contribution is -0.154. The zero-order valence-electron chi connectivity index (χ0n) is 15.9. The fraction of sp³-hybridized carbons (Fsp3) is 0.474. The van der Waals surface area contributed by atoms with E-state index < -0.39 is 12.6 Å². The molecule has 1 aliphatic heterocycles. The molecule has 1 heterocycles. The van der Waals surface area contributed by atoms with Gasteiger partial charge in [-0.05, 0) is 37.6 Å². The van der Waals surface area contributed by atoms with Crippen molar-refractivity contribution in [3.8, 4) is 11.5 Å². The van der Waals surface area contributed by atoms with Crippen molar-refractivity contribution in [2.75, 3.05) is 26.8 Å². The Balaban J connectivity index is 1.88. The predicted molar refractivity (Wildman–Crippen MR) is 96.2 cm³/mol. The van der Waals surface area contributed by atoms with Gasteiger partial charge in [0.05, 0.1) is 19.3 Å². The number of morpholine rings is 1. The SMILES string of the molecule is COc1cc(/C=C/C(=O)OCC(=O)N2C[C@@H](C)O[C@H](C)C2)ccc1OC(F)F. The molecule has 28 heavy (non-hydrogen) atoms. The summed E-state index contributed by atoms with van der Waals surface area (Å²) >= 11 is 0. The molecule has 1 aromatic rings. The van der Waals surface area contributed by atoms with E-state index in [4.69, 9.17) is 14.2 Å². The normalized spacial score (nSPS) is 19.7. The molecular weight excluding hydrogens is 376 g/mol. The van der Waals surface area contributed by atoms with Crippen molar-refractivity contribution in [3.05, 3.63) is 29.8 Å². The van der Waals surface area contributed by atoms with Crippen molar-refractivity contribution in [3.63, 3.8) is 0 Å². The molecule has 0 aliphatic carbocycles. The average Bonchev–Trinajstić information content (AvgIpc) is 2.64. The van der Waals surface area contributed by atoms with Gasteiger partial charge in [-0.3, -0.25) is 4.79 Å². The number of rotatable bonds is 7. The van der Waals surface area contributed by atoms with E-state index in [1.165, 1.54) is 31.4 Å². The van der Waals surface area contributed by atoms with Crippen molar-refractivity contribution in [1.29, 1.82) is 0 Å². The van der Waals surface area contributed by atoms with Gasteiger partial charge in [-0.1, -0.05) is 6.07 Å². The number of benzene rings is 1. The third-order valence-corrected chi connectivity index (χ3v) is 3.93. The Kier molecular flexibility index (Phi) is 7.74. The Labute approximate surface area is 161 Å². The fourth-order valence-electron chi connectivity index (χ4n) is 2.80. The minimum atomic E-state index is -2.97. The monoisotopic (exact) mass is 399 g/mol. The molecule has 154 valence electrons. The highest BCUT2D eigenvalue weighted by Gasteiger charge is 2.26. The molecule has 1 saturated heterocycles. The van der Waals surface area contributed by atoms with Crippen LogP contribution in [0.3, 0.4) is 0 Å². The second kappa shape index (κ2) is 10.0. The van der Waals surface area contributed by atoms with Crippen LogP contribution in [0.15, 0.2) is 24.3 Å². The summed E-state index contributed by atoms with van der Waals surface area (Å²) in [4.78, 5) is 25.6. The summed E-state index contributed by atoms with van der Waals surface area (Å²) in [6.45, 7) is 1.30. The van der Waals surface area contributed by atoms with E-state index in [1.807, 2.05) is 13.8 Å². The van der Waals surface area contributed by atoms with Gasteiger partial charge in [0.25, 0.3) is 5.91 Å². The van der Waals surface area contributed by atoms with E-state index in [0.717, 1.165) is 6.08 Å². The Hall–Kier alpha value is -2.68. The number of ether oxygens (including phenoxy) is 4. The summed E-state index contributed by atoms with van der Waals surface area (Å²) in [6.07, 6.45) is 2.41. The molecule has 2 atom stereocenters. The lowest BCUT2D eigenvalue weighted by Crippen LogP contribution is -2.49. The first kappa shape index (κ1) is 21.6. The second-order valence-electron chi connectivity index (χ2n) is 6.29. The van der Waals surface area contributed by atoms with Gasteiger partial charge in [-0.15, -0.1) is 0 Å². The van der Waals surface area contributed by atoms with Crippen LogP contribution in [0.25, 0.3) is 6.08 Å². The molecular formula is C19H23F2NO6. The zero-order valence-corrected chi connectivity index (χ0v) is 15.9. The van der Waals surface area contributed by atoms with Crippen molar-refractivity contribution in [1.82, 2.24) is 4.90 Å². The van der Waals surface area contributed by atoms with Crippen LogP contribution in [0.4, 0.5) is 8.78 Å². The second-order valence-corrected chi connectivity index (χ2v) is 6.29. The highest BCUT2D eigenvalue weighted by atomic mass is 19.3. The molecule has 9 heteroatoms. The third-order valence-electron chi connectivity index (χ3n) is 3.93. The van der Waals surface area contributed by atoms with Gasteiger partial charge >= 0.3 is 12.6 Å². The minimum Gasteiger partial charge on any atom is -0.493 e. The summed E-state index contributed by atoms with van der Waals surface area (Å²) < 4.78 is 44.5.